The van der Waals surface area contributed by atoms with E-state index >= 15 is 0 Å². The van der Waals surface area contributed by atoms with Gasteiger partial charge in [-0.3, -0.25) is 0 Å². The maximum atomic E-state index is 12.9. The summed E-state index contributed by atoms with van der Waals surface area (Å²) in [6.07, 6.45) is 0. The highest BCUT2D eigenvalue weighted by Gasteiger charge is 2.02. The van der Waals surface area contributed by atoms with Crippen molar-refractivity contribution in [3.05, 3.63) is 65.5 Å². The van der Waals surface area contributed by atoms with Gasteiger partial charge in [-0.05, 0) is 30.7 Å². The average molecular weight is 258 g/mol. The van der Waals surface area contributed by atoms with Crippen molar-refractivity contribution in [2.45, 2.75) is 13.5 Å². The van der Waals surface area contributed by atoms with Gasteiger partial charge < -0.3 is 10.6 Å². The van der Waals surface area contributed by atoms with Gasteiger partial charge in [-0.25, -0.2) is 9.18 Å². The second-order valence-corrected chi connectivity index (χ2v) is 4.31. The van der Waals surface area contributed by atoms with Gasteiger partial charge in [0, 0.05) is 12.2 Å². The van der Waals surface area contributed by atoms with Crippen LogP contribution >= 0.6 is 0 Å². The number of aryl methyl sites for hydroxylation is 1. The van der Waals surface area contributed by atoms with Crippen LogP contribution in [-0.2, 0) is 6.54 Å². The lowest BCUT2D eigenvalue weighted by molar-refractivity contribution is 0.251. The third-order valence-electron chi connectivity index (χ3n) is 2.62. The van der Waals surface area contributed by atoms with E-state index in [0.29, 0.717) is 12.2 Å². The number of nitrogens with one attached hydrogen (secondary N) is 2. The SMILES string of the molecule is Cc1cccc(CNC(=O)Nc2cccc(F)c2)c1. The van der Waals surface area contributed by atoms with Crippen molar-refractivity contribution in [1.29, 1.82) is 0 Å². The van der Waals surface area contributed by atoms with Gasteiger partial charge in [0.25, 0.3) is 0 Å². The van der Waals surface area contributed by atoms with Gasteiger partial charge in [-0.15, -0.1) is 0 Å². The van der Waals surface area contributed by atoms with Crippen molar-refractivity contribution < 1.29 is 9.18 Å². The molecule has 2 amide bonds. The van der Waals surface area contributed by atoms with Crippen LogP contribution in [0.15, 0.2) is 48.5 Å². The Labute approximate surface area is 111 Å². The molecular formula is C15H15FN2O. The average Bonchev–Trinajstić information content (AvgIpc) is 2.36. The van der Waals surface area contributed by atoms with Gasteiger partial charge in [0.15, 0.2) is 0 Å². The molecule has 0 bridgehead atoms. The van der Waals surface area contributed by atoms with Gasteiger partial charge in [0.1, 0.15) is 5.82 Å². The third kappa shape index (κ3) is 4.10. The topological polar surface area (TPSA) is 41.1 Å². The summed E-state index contributed by atoms with van der Waals surface area (Å²) < 4.78 is 12.9. The molecule has 0 saturated heterocycles. The van der Waals surface area contributed by atoms with Crippen LogP contribution in [0.3, 0.4) is 0 Å². The normalized spacial score (nSPS) is 10.0. The third-order valence-corrected chi connectivity index (χ3v) is 2.62. The van der Waals surface area contributed by atoms with E-state index in [1.165, 1.54) is 12.1 Å². The Hall–Kier alpha value is -2.36. The van der Waals surface area contributed by atoms with Gasteiger partial charge in [0.05, 0.1) is 0 Å². The lowest BCUT2D eigenvalue weighted by atomic mass is 10.1. The molecule has 0 aliphatic rings. The quantitative estimate of drug-likeness (QED) is 0.869. The highest BCUT2D eigenvalue weighted by atomic mass is 19.1. The summed E-state index contributed by atoms with van der Waals surface area (Å²) in [4.78, 5) is 11.6. The standard InChI is InChI=1S/C15H15FN2O/c1-11-4-2-5-12(8-11)10-17-15(19)18-14-7-3-6-13(16)9-14/h2-9H,10H2,1H3,(H2,17,18,19). The molecule has 0 unspecified atom stereocenters. The molecule has 3 nitrogen and oxygen atoms in total. The minimum absolute atomic E-state index is 0.355. The van der Waals surface area contributed by atoms with Crippen LogP contribution in [0.5, 0.6) is 0 Å². The number of halogens is 1. The number of carbonyl (C=O) groups is 1. The second-order valence-electron chi connectivity index (χ2n) is 4.31. The summed E-state index contributed by atoms with van der Waals surface area (Å²) in [5.41, 5.74) is 2.60. The summed E-state index contributed by atoms with van der Waals surface area (Å²) in [5, 5.41) is 5.30. The summed E-state index contributed by atoms with van der Waals surface area (Å²) in [7, 11) is 0. The Morgan fingerprint density at radius 2 is 1.95 bits per heavy atom. The number of benzene rings is 2. The number of hydrogen-bond acceptors (Lipinski definition) is 1. The first-order valence-corrected chi connectivity index (χ1v) is 5.99. The first kappa shape index (κ1) is 13.1. The molecule has 2 rings (SSSR count). The Morgan fingerprint density at radius 3 is 2.68 bits per heavy atom. The minimum Gasteiger partial charge on any atom is -0.334 e. The fourth-order valence-electron chi connectivity index (χ4n) is 1.75. The summed E-state index contributed by atoms with van der Waals surface area (Å²) in [5.74, 6) is -0.378. The number of urea groups is 1. The van der Waals surface area contributed by atoms with E-state index in [0.717, 1.165) is 11.1 Å². The largest absolute Gasteiger partial charge is 0.334 e. The van der Waals surface area contributed by atoms with Crippen LogP contribution in [0.25, 0.3) is 0 Å². The van der Waals surface area contributed by atoms with Crippen LogP contribution in [-0.4, -0.2) is 6.03 Å². The first-order chi connectivity index (χ1) is 9.13. The zero-order valence-electron chi connectivity index (χ0n) is 10.6. The Kier molecular flexibility index (Phi) is 4.13. The molecule has 0 saturated carbocycles. The Balaban J connectivity index is 1.88. The van der Waals surface area contributed by atoms with E-state index in [4.69, 9.17) is 0 Å². The van der Waals surface area contributed by atoms with Gasteiger partial charge in [-0.1, -0.05) is 35.9 Å². The smallest absolute Gasteiger partial charge is 0.319 e. The molecule has 0 radical (unpaired) electrons. The number of amides is 2. The van der Waals surface area contributed by atoms with Crippen molar-refractivity contribution in [1.82, 2.24) is 5.32 Å². The lowest BCUT2D eigenvalue weighted by Crippen LogP contribution is -2.28. The van der Waals surface area contributed by atoms with E-state index in [-0.39, 0.29) is 11.8 Å². The predicted molar refractivity (Wildman–Crippen MR) is 73.4 cm³/mol. The molecule has 4 heteroatoms. The number of carbonyl (C=O) groups excluding carboxylic acids is 1. The van der Waals surface area contributed by atoms with Crippen molar-refractivity contribution in [3.8, 4) is 0 Å². The number of hydrogen-bond donors (Lipinski definition) is 2. The fraction of sp³-hybridized carbons (Fsp3) is 0.133. The predicted octanol–water partition coefficient (Wildman–Crippen LogP) is 3.46. The molecule has 0 aliphatic carbocycles. The van der Waals surface area contributed by atoms with Crippen LogP contribution < -0.4 is 10.6 Å². The van der Waals surface area contributed by atoms with Crippen molar-refractivity contribution in [2.75, 3.05) is 5.32 Å². The van der Waals surface area contributed by atoms with E-state index in [1.807, 2.05) is 31.2 Å². The van der Waals surface area contributed by atoms with Crippen LogP contribution in [0.4, 0.5) is 14.9 Å². The zero-order valence-corrected chi connectivity index (χ0v) is 10.6. The minimum atomic E-state index is -0.378. The van der Waals surface area contributed by atoms with Gasteiger partial charge in [0.2, 0.25) is 0 Å². The van der Waals surface area contributed by atoms with Crippen molar-refractivity contribution in [2.24, 2.45) is 0 Å². The summed E-state index contributed by atoms with van der Waals surface area (Å²) in [6.45, 7) is 2.43. The molecule has 0 spiro atoms. The molecule has 0 fully saturated rings. The molecular weight excluding hydrogens is 243 g/mol. The monoisotopic (exact) mass is 258 g/mol. The van der Waals surface area contributed by atoms with E-state index in [9.17, 15) is 9.18 Å². The Bertz CT molecular complexity index is 584. The lowest BCUT2D eigenvalue weighted by Gasteiger charge is -2.08. The second kappa shape index (κ2) is 6.00. The summed E-state index contributed by atoms with van der Waals surface area (Å²) >= 11 is 0. The zero-order chi connectivity index (χ0) is 13.7. The Morgan fingerprint density at radius 1 is 1.16 bits per heavy atom. The van der Waals surface area contributed by atoms with E-state index < -0.39 is 0 Å². The maximum Gasteiger partial charge on any atom is 0.319 e. The fourth-order valence-corrected chi connectivity index (χ4v) is 1.75. The molecule has 2 N–H and O–H groups in total. The summed E-state index contributed by atoms with van der Waals surface area (Å²) in [6, 6.07) is 13.3. The highest BCUT2D eigenvalue weighted by Crippen LogP contribution is 2.09. The molecule has 0 heterocycles. The van der Waals surface area contributed by atoms with Gasteiger partial charge in [-0.2, -0.15) is 0 Å². The molecule has 0 atom stereocenters. The molecule has 2 aromatic rings. The molecule has 98 valence electrons. The molecule has 0 aliphatic heterocycles. The van der Waals surface area contributed by atoms with Crippen LogP contribution in [0, 0.1) is 12.7 Å². The first-order valence-electron chi connectivity index (χ1n) is 5.99. The molecule has 2 aromatic carbocycles. The number of anilines is 1. The van der Waals surface area contributed by atoms with Gasteiger partial charge >= 0.3 is 6.03 Å². The number of rotatable bonds is 3. The van der Waals surface area contributed by atoms with Crippen molar-refractivity contribution in [3.63, 3.8) is 0 Å². The van der Waals surface area contributed by atoms with Crippen molar-refractivity contribution >= 4 is 11.7 Å². The van der Waals surface area contributed by atoms with E-state index in [1.54, 1.807) is 12.1 Å². The molecule has 0 aromatic heterocycles. The highest BCUT2D eigenvalue weighted by molar-refractivity contribution is 5.89. The van der Waals surface area contributed by atoms with Crippen LogP contribution in [0.1, 0.15) is 11.1 Å². The van der Waals surface area contributed by atoms with E-state index in [2.05, 4.69) is 10.6 Å². The molecule has 19 heavy (non-hydrogen) atoms. The van der Waals surface area contributed by atoms with Crippen LogP contribution in [0.2, 0.25) is 0 Å². The maximum absolute atomic E-state index is 12.9.